The SMILES string of the molecule is CSC(C(=O)OC(C)(C)C)C(C(=O)C(C)N)(C(=O)C(N)Cc1ccccc1)C(C(=O)O)(C(=O)C(N)C(C)C)N(C(=O)CN)C(=O)C(N)CC(C)C. The van der Waals surface area contributed by atoms with E-state index in [1.165, 1.54) is 40.9 Å². The molecule has 0 bridgehead atoms. The monoisotopic (exact) mass is 736 g/mol. The third kappa shape index (κ3) is 9.47. The Kier molecular flexibility index (Phi) is 16.3. The van der Waals surface area contributed by atoms with E-state index in [4.69, 9.17) is 33.4 Å². The molecule has 16 heteroatoms. The lowest BCUT2D eigenvalue weighted by atomic mass is 9.55. The van der Waals surface area contributed by atoms with E-state index >= 15 is 14.4 Å². The second kappa shape index (κ2) is 18.3. The fraction of sp³-hybridized carbons (Fsp3) is 0.629. The number of nitrogens with two attached hydrogens (primary N) is 5. The van der Waals surface area contributed by atoms with Crippen LogP contribution in [-0.4, -0.2) is 104 Å². The first-order chi connectivity index (χ1) is 23.4. The van der Waals surface area contributed by atoms with E-state index < -0.39 is 99.5 Å². The molecule has 0 fully saturated rings. The van der Waals surface area contributed by atoms with E-state index in [0.29, 0.717) is 17.3 Å². The van der Waals surface area contributed by atoms with Gasteiger partial charge < -0.3 is 38.5 Å². The third-order valence-electron chi connectivity index (χ3n) is 8.36. The molecular formula is C35H56N6O9S. The van der Waals surface area contributed by atoms with Crippen molar-refractivity contribution in [3.63, 3.8) is 0 Å². The molecule has 2 amide bonds. The van der Waals surface area contributed by atoms with Crippen LogP contribution in [0.4, 0.5) is 0 Å². The zero-order valence-corrected chi connectivity index (χ0v) is 31.8. The van der Waals surface area contributed by atoms with E-state index in [1.54, 1.807) is 44.2 Å². The molecule has 7 unspecified atom stereocenters. The molecule has 0 saturated carbocycles. The van der Waals surface area contributed by atoms with E-state index in [9.17, 15) is 24.3 Å². The van der Waals surface area contributed by atoms with Crippen LogP contribution >= 0.6 is 11.8 Å². The minimum atomic E-state index is -3.92. The number of carbonyl (C=O) groups excluding carboxylic acids is 6. The summed E-state index contributed by atoms with van der Waals surface area (Å²) in [6, 6.07) is 1.03. The van der Waals surface area contributed by atoms with Crippen LogP contribution in [0, 0.1) is 17.3 Å². The number of ketones is 3. The van der Waals surface area contributed by atoms with Crippen molar-refractivity contribution in [2.75, 3.05) is 12.8 Å². The highest BCUT2D eigenvalue weighted by Gasteiger charge is 2.79. The molecule has 0 heterocycles. The average Bonchev–Trinajstić information content (AvgIpc) is 3.03. The van der Waals surface area contributed by atoms with Crippen molar-refractivity contribution in [3.05, 3.63) is 35.9 Å². The number of imide groups is 1. The number of hydrogen-bond donors (Lipinski definition) is 6. The van der Waals surface area contributed by atoms with Crippen molar-refractivity contribution in [2.24, 2.45) is 45.9 Å². The van der Waals surface area contributed by atoms with Gasteiger partial charge in [0.15, 0.2) is 22.8 Å². The van der Waals surface area contributed by atoms with Crippen LogP contribution in [0.1, 0.15) is 67.4 Å². The molecule has 1 aromatic rings. The highest BCUT2D eigenvalue weighted by Crippen LogP contribution is 2.50. The number of benzene rings is 1. The van der Waals surface area contributed by atoms with Crippen LogP contribution in [0.2, 0.25) is 0 Å². The van der Waals surface area contributed by atoms with E-state index in [-0.39, 0.29) is 23.7 Å². The second-order valence-corrected chi connectivity index (χ2v) is 15.4. The maximum atomic E-state index is 15.4. The van der Waals surface area contributed by atoms with Gasteiger partial charge in [0.2, 0.25) is 17.4 Å². The number of aliphatic carboxylic acids is 1. The molecule has 51 heavy (non-hydrogen) atoms. The largest absolute Gasteiger partial charge is 0.479 e. The predicted molar refractivity (Wildman–Crippen MR) is 194 cm³/mol. The van der Waals surface area contributed by atoms with Crippen molar-refractivity contribution >= 4 is 52.9 Å². The van der Waals surface area contributed by atoms with Crippen LogP contribution in [0.5, 0.6) is 0 Å². The minimum absolute atomic E-state index is 0.0477. The first-order valence-electron chi connectivity index (χ1n) is 16.7. The minimum Gasteiger partial charge on any atom is -0.479 e. The lowest BCUT2D eigenvalue weighted by Gasteiger charge is -2.53. The molecule has 15 nitrogen and oxygen atoms in total. The summed E-state index contributed by atoms with van der Waals surface area (Å²) >= 11 is 0.477. The highest BCUT2D eigenvalue weighted by atomic mass is 32.2. The van der Waals surface area contributed by atoms with Gasteiger partial charge in [-0.1, -0.05) is 58.0 Å². The van der Waals surface area contributed by atoms with Gasteiger partial charge in [0.25, 0.3) is 0 Å². The molecule has 0 aromatic heterocycles. The van der Waals surface area contributed by atoms with Gasteiger partial charge in [-0.25, -0.2) is 4.79 Å². The molecule has 0 spiro atoms. The van der Waals surface area contributed by atoms with Crippen LogP contribution in [0.25, 0.3) is 0 Å². The fourth-order valence-electron chi connectivity index (χ4n) is 6.08. The number of carboxylic acid groups (broad SMARTS) is 1. The summed E-state index contributed by atoms with van der Waals surface area (Å²) in [6.45, 7) is 10.7. The molecule has 1 aromatic carbocycles. The van der Waals surface area contributed by atoms with Gasteiger partial charge in [-0.15, -0.1) is 11.8 Å². The summed E-state index contributed by atoms with van der Waals surface area (Å²) in [5, 5.41) is 9.29. The maximum Gasteiger partial charge on any atom is 0.339 e. The zero-order chi connectivity index (χ0) is 39.8. The van der Waals surface area contributed by atoms with Crippen molar-refractivity contribution in [1.29, 1.82) is 0 Å². The topological polar surface area (TPSA) is 282 Å². The first kappa shape index (κ1) is 45.5. The Hall–Kier alpha value is -3.54. The first-order valence-corrected chi connectivity index (χ1v) is 17.9. The van der Waals surface area contributed by atoms with Gasteiger partial charge in [-0.05, 0) is 64.2 Å². The Balaban J connectivity index is 4.95. The third-order valence-corrected chi connectivity index (χ3v) is 9.37. The number of esters is 1. The molecule has 0 radical (unpaired) electrons. The number of nitrogens with zero attached hydrogens (tertiary/aromatic N) is 1. The molecule has 0 aliphatic carbocycles. The van der Waals surface area contributed by atoms with E-state index in [0.717, 1.165) is 6.92 Å². The zero-order valence-electron chi connectivity index (χ0n) is 31.0. The number of carbonyl (C=O) groups is 7. The molecule has 7 atom stereocenters. The van der Waals surface area contributed by atoms with Crippen LogP contribution in [-0.2, 0) is 44.7 Å². The number of hydrogen-bond acceptors (Lipinski definition) is 14. The number of thioether (sulfide) groups is 1. The van der Waals surface area contributed by atoms with Gasteiger partial charge in [0, 0.05) is 0 Å². The lowest BCUT2D eigenvalue weighted by molar-refractivity contribution is -0.190. The van der Waals surface area contributed by atoms with Gasteiger partial charge in [0.1, 0.15) is 10.9 Å². The Bertz CT molecular complexity index is 1450. The summed E-state index contributed by atoms with van der Waals surface area (Å²) in [7, 11) is 0. The normalized spacial score (nSPS) is 17.3. The summed E-state index contributed by atoms with van der Waals surface area (Å²) in [5.74, 6) is -12.4. The highest BCUT2D eigenvalue weighted by molar-refractivity contribution is 8.00. The Morgan fingerprint density at radius 1 is 0.843 bits per heavy atom. The summed E-state index contributed by atoms with van der Waals surface area (Å²) in [6.07, 6.45) is 0.782. The standard InChI is InChI=1S/C35H56N6O9S/c1-18(2)15-23(39)30(46)41(24(42)17-36)35(32(48)49,28(45)25(40)19(3)4)34(26(43)20(5)37,29(51-9)31(47)50-33(6,7)8)27(44)22(38)16-21-13-11-10-12-14-21/h10-14,18-20,22-23,25,29H,15-17,36-40H2,1-9H3,(H,48,49). The maximum absolute atomic E-state index is 15.4. The summed E-state index contributed by atoms with van der Waals surface area (Å²) in [4.78, 5) is 103. The van der Waals surface area contributed by atoms with Crippen LogP contribution in [0.3, 0.4) is 0 Å². The van der Waals surface area contributed by atoms with E-state index in [2.05, 4.69) is 0 Å². The van der Waals surface area contributed by atoms with Gasteiger partial charge in [-0.2, -0.15) is 0 Å². The molecule has 0 saturated heterocycles. The number of Topliss-reactive ketones (excluding diaryl/α,β-unsaturated/α-hetero) is 3. The molecule has 11 N–H and O–H groups in total. The van der Waals surface area contributed by atoms with Gasteiger partial charge in [0.05, 0.1) is 30.7 Å². The summed E-state index contributed by atoms with van der Waals surface area (Å²) < 4.78 is 5.65. The Morgan fingerprint density at radius 2 is 1.37 bits per heavy atom. The van der Waals surface area contributed by atoms with Crippen molar-refractivity contribution in [1.82, 2.24) is 4.90 Å². The quantitative estimate of drug-likeness (QED) is 0.0815. The molecule has 286 valence electrons. The molecule has 0 aliphatic rings. The molecular weight excluding hydrogens is 680 g/mol. The number of rotatable bonds is 19. The van der Waals surface area contributed by atoms with Crippen LogP contribution < -0.4 is 28.7 Å². The average molecular weight is 737 g/mol. The van der Waals surface area contributed by atoms with Crippen molar-refractivity contribution < 1.29 is 43.4 Å². The number of ether oxygens (including phenoxy) is 1. The Labute approximate surface area is 304 Å². The lowest BCUT2D eigenvalue weighted by Crippen LogP contribution is -2.84. The second-order valence-electron chi connectivity index (χ2n) is 14.4. The molecule has 0 aliphatic heterocycles. The van der Waals surface area contributed by atoms with Gasteiger partial charge >= 0.3 is 11.9 Å². The smallest absolute Gasteiger partial charge is 0.339 e. The van der Waals surface area contributed by atoms with Crippen LogP contribution in [0.15, 0.2) is 30.3 Å². The van der Waals surface area contributed by atoms with Crippen molar-refractivity contribution in [3.8, 4) is 0 Å². The number of carboxylic acids is 1. The Morgan fingerprint density at radius 3 is 1.76 bits per heavy atom. The number of amides is 2. The van der Waals surface area contributed by atoms with Crippen molar-refractivity contribution in [2.45, 2.75) is 109 Å². The predicted octanol–water partition coefficient (Wildman–Crippen LogP) is 0.165. The fourth-order valence-corrected chi connectivity index (χ4v) is 7.08. The van der Waals surface area contributed by atoms with E-state index in [1.807, 2.05) is 0 Å². The van der Waals surface area contributed by atoms with Gasteiger partial charge in [-0.3, -0.25) is 33.7 Å². The molecule has 1 rings (SSSR count). The summed E-state index contributed by atoms with van der Waals surface area (Å²) in [5.41, 5.74) is 22.9.